The van der Waals surface area contributed by atoms with Gasteiger partial charge in [-0.05, 0) is 19.5 Å². The maximum absolute atomic E-state index is 12.4. The number of fused-ring (bicyclic) bond motifs is 1. The Kier molecular flexibility index (Phi) is 3.76. The van der Waals surface area contributed by atoms with E-state index in [-0.39, 0.29) is 12.0 Å². The number of aryl methyl sites for hydroxylation is 1. The van der Waals surface area contributed by atoms with Gasteiger partial charge in [-0.15, -0.1) is 0 Å². The van der Waals surface area contributed by atoms with Crippen molar-refractivity contribution in [1.82, 2.24) is 19.6 Å². The van der Waals surface area contributed by atoms with Crippen molar-refractivity contribution in [2.75, 3.05) is 33.3 Å². The molecule has 0 radical (unpaired) electrons. The molecule has 1 amide bonds. The van der Waals surface area contributed by atoms with Crippen LogP contribution in [0.2, 0.25) is 0 Å². The van der Waals surface area contributed by atoms with E-state index < -0.39 is 0 Å². The number of morpholine rings is 1. The lowest BCUT2D eigenvalue weighted by Crippen LogP contribution is -2.59. The molecule has 0 N–H and O–H groups in total. The summed E-state index contributed by atoms with van der Waals surface area (Å²) < 4.78 is 7.54. The van der Waals surface area contributed by atoms with Crippen LogP contribution in [-0.4, -0.2) is 70.9 Å². The highest BCUT2D eigenvalue weighted by molar-refractivity contribution is 5.78. The fourth-order valence-corrected chi connectivity index (χ4v) is 3.09. The third kappa shape index (κ3) is 2.71. The molecular weight excluding hydrogens is 256 g/mol. The van der Waals surface area contributed by atoms with Gasteiger partial charge in [-0.25, -0.2) is 0 Å². The van der Waals surface area contributed by atoms with Gasteiger partial charge in [0.15, 0.2) is 0 Å². The number of carbonyl (C=O) groups excluding carboxylic acids is 1. The number of hydrogen-bond donors (Lipinski definition) is 0. The first kappa shape index (κ1) is 13.6. The van der Waals surface area contributed by atoms with Crippen LogP contribution >= 0.6 is 0 Å². The Hall–Kier alpha value is -1.40. The number of likely N-dealkylation sites (tertiary alicyclic amines) is 1. The van der Waals surface area contributed by atoms with Gasteiger partial charge in [-0.2, -0.15) is 5.10 Å². The molecule has 1 aromatic rings. The maximum Gasteiger partial charge on any atom is 0.228 e. The monoisotopic (exact) mass is 278 g/mol. The van der Waals surface area contributed by atoms with E-state index in [0.29, 0.717) is 12.5 Å². The van der Waals surface area contributed by atoms with Gasteiger partial charge < -0.3 is 9.64 Å². The first-order chi connectivity index (χ1) is 9.63. The van der Waals surface area contributed by atoms with Crippen molar-refractivity contribution in [3.63, 3.8) is 0 Å². The molecule has 2 atom stereocenters. The van der Waals surface area contributed by atoms with Gasteiger partial charge >= 0.3 is 0 Å². The number of ether oxygens (including phenoxy) is 1. The Morgan fingerprint density at radius 1 is 1.45 bits per heavy atom. The molecule has 20 heavy (non-hydrogen) atoms. The molecular formula is C14H22N4O2. The van der Waals surface area contributed by atoms with Crippen LogP contribution < -0.4 is 0 Å². The minimum atomic E-state index is 0.168. The number of amides is 1. The fraction of sp³-hybridized carbons (Fsp3) is 0.714. The summed E-state index contributed by atoms with van der Waals surface area (Å²) in [5.74, 6) is 0.168. The molecule has 6 heteroatoms. The summed E-state index contributed by atoms with van der Waals surface area (Å²) in [4.78, 5) is 16.6. The minimum Gasteiger partial charge on any atom is -0.375 e. The number of carbonyl (C=O) groups is 1. The van der Waals surface area contributed by atoms with E-state index in [1.54, 1.807) is 4.68 Å². The molecule has 3 heterocycles. The van der Waals surface area contributed by atoms with Gasteiger partial charge in [-0.3, -0.25) is 14.4 Å². The summed E-state index contributed by atoms with van der Waals surface area (Å²) >= 11 is 0. The Morgan fingerprint density at radius 3 is 3.05 bits per heavy atom. The number of nitrogens with zero attached hydrogens (tertiary/aromatic N) is 4. The quantitative estimate of drug-likeness (QED) is 0.758. The Bertz CT molecular complexity index is 487. The zero-order valence-electron chi connectivity index (χ0n) is 12.2. The van der Waals surface area contributed by atoms with Crippen molar-refractivity contribution in [2.45, 2.75) is 25.0 Å². The molecule has 2 aliphatic rings. The molecule has 6 nitrogen and oxygen atoms in total. The van der Waals surface area contributed by atoms with Crippen LogP contribution in [0, 0.1) is 0 Å². The number of rotatable bonds is 2. The van der Waals surface area contributed by atoms with Crippen molar-refractivity contribution in [2.24, 2.45) is 7.05 Å². The molecule has 2 saturated heterocycles. The van der Waals surface area contributed by atoms with Crippen LogP contribution in [0.4, 0.5) is 0 Å². The van der Waals surface area contributed by atoms with Gasteiger partial charge in [0.2, 0.25) is 5.91 Å². The lowest BCUT2D eigenvalue weighted by Gasteiger charge is -2.45. The topological polar surface area (TPSA) is 50.6 Å². The zero-order valence-corrected chi connectivity index (χ0v) is 12.2. The average molecular weight is 278 g/mol. The first-order valence-corrected chi connectivity index (χ1v) is 7.21. The van der Waals surface area contributed by atoms with E-state index in [9.17, 15) is 4.79 Å². The molecule has 0 saturated carbocycles. The Labute approximate surface area is 119 Å². The molecule has 0 aromatic carbocycles. The highest BCUT2D eigenvalue weighted by Gasteiger charge is 2.36. The summed E-state index contributed by atoms with van der Waals surface area (Å²) in [5.41, 5.74) is 0.841. The van der Waals surface area contributed by atoms with Crippen molar-refractivity contribution >= 4 is 5.91 Å². The van der Waals surface area contributed by atoms with Crippen LogP contribution in [0.5, 0.6) is 0 Å². The van der Waals surface area contributed by atoms with Crippen LogP contribution in [0.3, 0.4) is 0 Å². The molecule has 0 aliphatic carbocycles. The first-order valence-electron chi connectivity index (χ1n) is 7.21. The van der Waals surface area contributed by atoms with Gasteiger partial charge in [-0.1, -0.05) is 0 Å². The van der Waals surface area contributed by atoms with Crippen molar-refractivity contribution in [1.29, 1.82) is 0 Å². The van der Waals surface area contributed by atoms with E-state index in [1.807, 2.05) is 24.2 Å². The molecule has 0 spiro atoms. The smallest absolute Gasteiger partial charge is 0.228 e. The number of hydrogen-bond acceptors (Lipinski definition) is 4. The predicted octanol–water partition coefficient (Wildman–Crippen LogP) is -0.106. The zero-order chi connectivity index (χ0) is 14.1. The molecule has 110 valence electrons. The summed E-state index contributed by atoms with van der Waals surface area (Å²) in [6.07, 6.45) is 3.48. The predicted molar refractivity (Wildman–Crippen MR) is 74.3 cm³/mol. The Morgan fingerprint density at radius 2 is 2.30 bits per heavy atom. The number of likely N-dealkylation sites (N-methyl/N-ethyl adjacent to an activating group) is 1. The molecule has 2 fully saturated rings. The van der Waals surface area contributed by atoms with Gasteiger partial charge in [0.25, 0.3) is 0 Å². The second kappa shape index (κ2) is 5.54. The van der Waals surface area contributed by atoms with Crippen LogP contribution in [0.25, 0.3) is 0 Å². The Balaban J connectivity index is 1.61. The molecule has 1 aromatic heterocycles. The summed E-state index contributed by atoms with van der Waals surface area (Å²) in [7, 11) is 3.99. The third-order valence-corrected chi connectivity index (χ3v) is 4.32. The van der Waals surface area contributed by atoms with Gasteiger partial charge in [0.1, 0.15) is 0 Å². The van der Waals surface area contributed by atoms with Gasteiger partial charge in [0.05, 0.1) is 30.9 Å². The van der Waals surface area contributed by atoms with Crippen molar-refractivity contribution in [3.8, 4) is 0 Å². The SMILES string of the molecule is CN1CCOC2CCN(C(=O)Cc3ccn(C)n3)C[C@@H]21. The lowest BCUT2D eigenvalue weighted by molar-refractivity contribution is -0.140. The summed E-state index contributed by atoms with van der Waals surface area (Å²) in [6, 6.07) is 2.24. The van der Waals surface area contributed by atoms with Crippen LogP contribution in [-0.2, 0) is 23.0 Å². The van der Waals surface area contributed by atoms with Crippen LogP contribution in [0.15, 0.2) is 12.3 Å². The van der Waals surface area contributed by atoms with E-state index in [2.05, 4.69) is 17.0 Å². The second-order valence-corrected chi connectivity index (χ2v) is 5.74. The molecule has 2 aliphatic heterocycles. The molecule has 0 bridgehead atoms. The highest BCUT2D eigenvalue weighted by atomic mass is 16.5. The normalized spacial score (nSPS) is 27.4. The fourth-order valence-electron chi connectivity index (χ4n) is 3.09. The second-order valence-electron chi connectivity index (χ2n) is 5.74. The van der Waals surface area contributed by atoms with E-state index in [1.165, 1.54) is 0 Å². The van der Waals surface area contributed by atoms with Gasteiger partial charge in [0, 0.05) is 32.9 Å². The van der Waals surface area contributed by atoms with Crippen molar-refractivity contribution < 1.29 is 9.53 Å². The minimum absolute atomic E-state index is 0.168. The van der Waals surface area contributed by atoms with Crippen molar-refractivity contribution in [3.05, 3.63) is 18.0 Å². The number of aromatic nitrogens is 2. The average Bonchev–Trinajstić information content (AvgIpc) is 2.84. The summed E-state index contributed by atoms with van der Waals surface area (Å²) in [5, 5.41) is 4.28. The lowest BCUT2D eigenvalue weighted by atomic mass is 9.99. The third-order valence-electron chi connectivity index (χ3n) is 4.32. The van der Waals surface area contributed by atoms with E-state index in [0.717, 1.165) is 38.4 Å². The van der Waals surface area contributed by atoms with E-state index in [4.69, 9.17) is 4.74 Å². The molecule has 1 unspecified atom stereocenters. The number of piperidine rings is 1. The summed E-state index contributed by atoms with van der Waals surface area (Å²) in [6.45, 7) is 3.32. The standard InChI is InChI=1S/C14H22N4O2/c1-16-7-8-20-13-4-6-18(10-12(13)16)14(19)9-11-3-5-17(2)15-11/h3,5,12-13H,4,6-10H2,1-2H3/t12-,13?/m0/s1. The maximum atomic E-state index is 12.4. The van der Waals surface area contributed by atoms with E-state index >= 15 is 0 Å². The molecule has 3 rings (SSSR count). The highest BCUT2D eigenvalue weighted by Crippen LogP contribution is 2.22. The van der Waals surface area contributed by atoms with Crippen LogP contribution in [0.1, 0.15) is 12.1 Å². The largest absolute Gasteiger partial charge is 0.375 e.